The van der Waals surface area contributed by atoms with Crippen LogP contribution in [0.1, 0.15) is 29.7 Å². The topological polar surface area (TPSA) is 92.6 Å². The molecule has 1 aliphatic rings. The molecule has 1 fully saturated rings. The molecule has 34 heavy (non-hydrogen) atoms. The lowest BCUT2D eigenvalue weighted by Gasteiger charge is -2.22. The maximum atomic E-state index is 13.3. The van der Waals surface area contributed by atoms with Crippen LogP contribution in [-0.2, 0) is 9.59 Å². The van der Waals surface area contributed by atoms with Crippen LogP contribution in [0.25, 0.3) is 16.0 Å². The number of hydrogen-bond acceptors (Lipinski definition) is 7. The number of hydrogen-bond donors (Lipinski definition) is 1. The standard InChI is InChI=1S/C26H21N3O4S/c1-3-33-19-9-8-17(14-15(19)2)23(30)21-22(16-10-12-27-13-11-16)29(25(32)24(21)31)26-28-18-6-4-5-7-20(18)34-26/h4-14,22,30H,3H2,1-2H3/b23-21+. The minimum atomic E-state index is -0.838. The number of anilines is 1. The lowest BCUT2D eigenvalue weighted by Crippen LogP contribution is -2.29. The highest BCUT2D eigenvalue weighted by Crippen LogP contribution is 2.44. The van der Waals surface area contributed by atoms with Crippen LogP contribution in [0.4, 0.5) is 5.13 Å². The Hall–Kier alpha value is -4.04. The van der Waals surface area contributed by atoms with Gasteiger partial charge in [-0.05, 0) is 67.4 Å². The first-order valence-corrected chi connectivity index (χ1v) is 11.6. The van der Waals surface area contributed by atoms with E-state index in [2.05, 4.69) is 9.97 Å². The number of ether oxygens (including phenoxy) is 1. The van der Waals surface area contributed by atoms with Crippen LogP contribution in [0.2, 0.25) is 0 Å². The van der Waals surface area contributed by atoms with Gasteiger partial charge in [-0.2, -0.15) is 0 Å². The Morgan fingerprint density at radius 2 is 1.88 bits per heavy atom. The number of aliphatic hydroxyl groups excluding tert-OH is 1. The van der Waals surface area contributed by atoms with E-state index >= 15 is 0 Å². The van der Waals surface area contributed by atoms with Crippen LogP contribution < -0.4 is 9.64 Å². The summed E-state index contributed by atoms with van der Waals surface area (Å²) >= 11 is 1.32. The van der Waals surface area contributed by atoms with E-state index in [1.807, 2.05) is 38.1 Å². The maximum absolute atomic E-state index is 13.3. The van der Waals surface area contributed by atoms with Gasteiger partial charge in [-0.3, -0.25) is 19.5 Å². The number of fused-ring (bicyclic) bond motifs is 1. The molecule has 0 bridgehead atoms. The summed E-state index contributed by atoms with van der Waals surface area (Å²) in [6.07, 6.45) is 3.18. The zero-order valence-electron chi connectivity index (χ0n) is 18.6. The van der Waals surface area contributed by atoms with Gasteiger partial charge < -0.3 is 9.84 Å². The lowest BCUT2D eigenvalue weighted by molar-refractivity contribution is -0.132. The first kappa shape index (κ1) is 21.8. The molecule has 0 saturated carbocycles. The summed E-state index contributed by atoms with van der Waals surface area (Å²) in [6, 6.07) is 15.3. The monoisotopic (exact) mass is 471 g/mol. The Labute approximate surface area is 200 Å². The number of ketones is 1. The highest BCUT2D eigenvalue weighted by Gasteiger charge is 2.48. The van der Waals surface area contributed by atoms with Crippen LogP contribution in [0.5, 0.6) is 5.75 Å². The Bertz CT molecular complexity index is 1410. The van der Waals surface area contributed by atoms with Crippen LogP contribution in [0.3, 0.4) is 0 Å². The average Bonchev–Trinajstić information content (AvgIpc) is 3.39. The summed E-state index contributed by atoms with van der Waals surface area (Å²) in [6.45, 7) is 4.27. The predicted molar refractivity (Wildman–Crippen MR) is 131 cm³/mol. The van der Waals surface area contributed by atoms with Crippen LogP contribution >= 0.6 is 11.3 Å². The Morgan fingerprint density at radius 1 is 1.12 bits per heavy atom. The molecule has 3 heterocycles. The third kappa shape index (κ3) is 3.62. The molecule has 1 amide bonds. The van der Waals surface area contributed by atoms with Crippen molar-refractivity contribution in [2.75, 3.05) is 11.5 Å². The number of carbonyl (C=O) groups is 2. The van der Waals surface area contributed by atoms with E-state index in [4.69, 9.17) is 4.74 Å². The van der Waals surface area contributed by atoms with Crippen molar-refractivity contribution in [2.24, 2.45) is 0 Å². The van der Waals surface area contributed by atoms with Crippen molar-refractivity contribution in [3.05, 3.63) is 89.3 Å². The van der Waals surface area contributed by atoms with Crippen LogP contribution in [-0.4, -0.2) is 33.4 Å². The largest absolute Gasteiger partial charge is 0.507 e. The third-order valence-corrected chi connectivity index (χ3v) is 6.74. The number of nitrogens with zero attached hydrogens (tertiary/aromatic N) is 3. The number of carbonyl (C=O) groups excluding carboxylic acids is 2. The first-order chi connectivity index (χ1) is 16.5. The second kappa shape index (κ2) is 8.72. The highest BCUT2D eigenvalue weighted by atomic mass is 32.1. The second-order valence-electron chi connectivity index (χ2n) is 7.83. The number of aliphatic hydroxyl groups is 1. The number of pyridine rings is 1. The van der Waals surface area contributed by atoms with Crippen molar-refractivity contribution in [2.45, 2.75) is 19.9 Å². The van der Waals surface area contributed by atoms with Gasteiger partial charge in [0.05, 0.1) is 28.4 Å². The number of aryl methyl sites for hydroxylation is 1. The molecule has 170 valence electrons. The number of Topliss-reactive ketones (excluding diaryl/α,β-unsaturated/α-hetero) is 1. The van der Waals surface area contributed by atoms with E-state index in [0.717, 1.165) is 15.8 Å². The van der Waals surface area contributed by atoms with Gasteiger partial charge in [-0.1, -0.05) is 23.5 Å². The number of benzene rings is 2. The Morgan fingerprint density at radius 3 is 2.59 bits per heavy atom. The lowest BCUT2D eigenvalue weighted by atomic mass is 9.95. The molecular formula is C26H21N3O4S. The third-order valence-electron chi connectivity index (χ3n) is 5.70. The molecule has 2 aromatic carbocycles. The fraction of sp³-hybridized carbons (Fsp3) is 0.154. The number of amides is 1. The van der Waals surface area contributed by atoms with Crippen LogP contribution in [0.15, 0.2) is 72.6 Å². The van der Waals surface area contributed by atoms with Gasteiger partial charge in [0.2, 0.25) is 0 Å². The van der Waals surface area contributed by atoms with Crippen molar-refractivity contribution >= 4 is 44.1 Å². The van der Waals surface area contributed by atoms with E-state index in [9.17, 15) is 14.7 Å². The second-order valence-corrected chi connectivity index (χ2v) is 8.84. The summed E-state index contributed by atoms with van der Waals surface area (Å²) in [5.74, 6) is -1.04. The molecule has 5 rings (SSSR count). The highest BCUT2D eigenvalue weighted by molar-refractivity contribution is 7.22. The van der Waals surface area contributed by atoms with E-state index in [-0.39, 0.29) is 11.3 Å². The first-order valence-electron chi connectivity index (χ1n) is 10.8. The number of aromatic nitrogens is 2. The molecule has 7 nitrogen and oxygen atoms in total. The van der Waals surface area contributed by atoms with Gasteiger partial charge in [0.1, 0.15) is 11.5 Å². The van der Waals surface area contributed by atoms with Gasteiger partial charge in [0.15, 0.2) is 5.13 Å². The number of para-hydroxylation sites is 1. The fourth-order valence-corrected chi connectivity index (χ4v) is 5.12. The molecule has 0 aliphatic carbocycles. The fourth-order valence-electron chi connectivity index (χ4n) is 4.12. The van der Waals surface area contributed by atoms with E-state index < -0.39 is 17.7 Å². The Balaban J connectivity index is 1.69. The van der Waals surface area contributed by atoms with Gasteiger partial charge in [-0.15, -0.1) is 0 Å². The van der Waals surface area contributed by atoms with E-state index in [1.165, 1.54) is 16.2 Å². The number of thiazole rings is 1. The minimum absolute atomic E-state index is 0.0130. The molecule has 4 aromatic rings. The molecule has 1 aliphatic heterocycles. The molecular weight excluding hydrogens is 450 g/mol. The van der Waals surface area contributed by atoms with E-state index in [1.54, 1.807) is 42.7 Å². The van der Waals surface area contributed by atoms with Crippen molar-refractivity contribution in [3.63, 3.8) is 0 Å². The van der Waals surface area contributed by atoms with Gasteiger partial charge >= 0.3 is 5.91 Å². The molecule has 0 radical (unpaired) electrons. The van der Waals surface area contributed by atoms with Crippen LogP contribution in [0, 0.1) is 6.92 Å². The Kier molecular flexibility index (Phi) is 5.59. The van der Waals surface area contributed by atoms with Crippen molar-refractivity contribution in [1.82, 2.24) is 9.97 Å². The summed E-state index contributed by atoms with van der Waals surface area (Å²) in [5, 5.41) is 11.7. The number of rotatable bonds is 5. The van der Waals surface area contributed by atoms with Gasteiger partial charge in [-0.25, -0.2) is 4.98 Å². The molecule has 1 N–H and O–H groups in total. The zero-order chi connectivity index (χ0) is 23.8. The summed E-state index contributed by atoms with van der Waals surface area (Å²) in [5.41, 5.74) is 2.64. The summed E-state index contributed by atoms with van der Waals surface area (Å²) in [4.78, 5) is 36.6. The molecule has 2 aromatic heterocycles. The summed E-state index contributed by atoms with van der Waals surface area (Å²) < 4.78 is 6.49. The zero-order valence-corrected chi connectivity index (χ0v) is 19.4. The molecule has 1 unspecified atom stereocenters. The average molecular weight is 472 g/mol. The quantitative estimate of drug-likeness (QED) is 0.249. The smallest absolute Gasteiger partial charge is 0.301 e. The maximum Gasteiger partial charge on any atom is 0.301 e. The molecule has 1 saturated heterocycles. The van der Waals surface area contributed by atoms with Crippen molar-refractivity contribution in [1.29, 1.82) is 0 Å². The van der Waals surface area contributed by atoms with E-state index in [0.29, 0.717) is 28.6 Å². The molecule has 0 spiro atoms. The minimum Gasteiger partial charge on any atom is -0.507 e. The normalized spacial score (nSPS) is 17.5. The SMILES string of the molecule is CCOc1ccc(/C(O)=C2\C(=O)C(=O)N(c3nc4ccccc4s3)C2c2ccncc2)cc1C. The molecule has 1 atom stereocenters. The van der Waals surface area contributed by atoms with Gasteiger partial charge in [0, 0.05) is 18.0 Å². The predicted octanol–water partition coefficient (Wildman–Crippen LogP) is 5.02. The van der Waals surface area contributed by atoms with Crippen molar-refractivity contribution < 1.29 is 19.4 Å². The molecule has 8 heteroatoms. The summed E-state index contributed by atoms with van der Waals surface area (Å²) in [7, 11) is 0. The van der Waals surface area contributed by atoms with Gasteiger partial charge in [0.25, 0.3) is 5.78 Å². The van der Waals surface area contributed by atoms with Crippen molar-refractivity contribution in [3.8, 4) is 5.75 Å².